The molecule has 2 N–H and O–H groups in total. The molecule has 0 radical (unpaired) electrons. The number of aliphatic hydroxyl groups is 1. The first kappa shape index (κ1) is 20.2. The molecule has 1 aromatic carbocycles. The maximum Gasteiger partial charge on any atom is 0.295 e. The highest BCUT2D eigenvalue weighted by molar-refractivity contribution is 6.46. The highest BCUT2D eigenvalue weighted by Gasteiger charge is 2.47. The van der Waals surface area contributed by atoms with Gasteiger partial charge in [0.25, 0.3) is 11.7 Å². The maximum absolute atomic E-state index is 12.8. The number of likely N-dealkylation sites (N-methyl/N-ethyl adjacent to an activating group) is 1. The van der Waals surface area contributed by atoms with Crippen LogP contribution in [0.1, 0.15) is 31.2 Å². The van der Waals surface area contributed by atoms with E-state index in [1.54, 1.807) is 36.4 Å². The van der Waals surface area contributed by atoms with Crippen molar-refractivity contribution in [1.29, 1.82) is 0 Å². The molecular formula is C21H24ClN2O4+. The predicted molar refractivity (Wildman–Crippen MR) is 106 cm³/mol. The van der Waals surface area contributed by atoms with E-state index in [4.69, 9.17) is 16.0 Å². The van der Waals surface area contributed by atoms with Crippen LogP contribution in [0.2, 0.25) is 5.02 Å². The van der Waals surface area contributed by atoms with E-state index in [2.05, 4.69) is 13.8 Å². The van der Waals surface area contributed by atoms with Gasteiger partial charge in [0.2, 0.25) is 0 Å². The minimum absolute atomic E-state index is 0.0387. The summed E-state index contributed by atoms with van der Waals surface area (Å²) in [5.74, 6) is -1.11. The summed E-state index contributed by atoms with van der Waals surface area (Å²) in [5.41, 5.74) is 0.463. The van der Waals surface area contributed by atoms with Crippen molar-refractivity contribution in [3.63, 3.8) is 0 Å². The van der Waals surface area contributed by atoms with Crippen molar-refractivity contribution in [2.75, 3.05) is 26.2 Å². The number of furan rings is 1. The first-order valence-electron chi connectivity index (χ1n) is 9.39. The molecule has 0 spiro atoms. The molecule has 2 heterocycles. The lowest BCUT2D eigenvalue weighted by Gasteiger charge is -2.25. The summed E-state index contributed by atoms with van der Waals surface area (Å²) in [6.45, 7) is 7.12. The summed E-state index contributed by atoms with van der Waals surface area (Å²) in [4.78, 5) is 28.4. The molecular weight excluding hydrogens is 380 g/mol. The second kappa shape index (κ2) is 8.63. The minimum atomic E-state index is -0.749. The highest BCUT2D eigenvalue weighted by Crippen LogP contribution is 2.39. The average molecular weight is 404 g/mol. The number of likely N-dealkylation sites (tertiary alicyclic amines) is 1. The van der Waals surface area contributed by atoms with Crippen molar-refractivity contribution in [1.82, 2.24) is 4.90 Å². The van der Waals surface area contributed by atoms with E-state index in [1.165, 1.54) is 16.1 Å². The predicted octanol–water partition coefficient (Wildman–Crippen LogP) is 2.28. The summed E-state index contributed by atoms with van der Waals surface area (Å²) >= 11 is 5.91. The van der Waals surface area contributed by atoms with Gasteiger partial charge in [0.15, 0.2) is 0 Å². The van der Waals surface area contributed by atoms with E-state index in [0.717, 1.165) is 13.1 Å². The Hall–Kier alpha value is -2.57. The van der Waals surface area contributed by atoms with Crippen LogP contribution in [0.15, 0.2) is 52.7 Å². The molecule has 1 aromatic heterocycles. The average Bonchev–Trinajstić information content (AvgIpc) is 3.31. The summed E-state index contributed by atoms with van der Waals surface area (Å²) in [7, 11) is 0. The van der Waals surface area contributed by atoms with Gasteiger partial charge in [-0.2, -0.15) is 0 Å². The van der Waals surface area contributed by atoms with Crippen molar-refractivity contribution < 1.29 is 24.0 Å². The van der Waals surface area contributed by atoms with E-state index >= 15 is 0 Å². The van der Waals surface area contributed by atoms with Crippen LogP contribution in [0.25, 0.3) is 5.76 Å². The molecule has 1 fully saturated rings. The quantitative estimate of drug-likeness (QED) is 0.422. The lowest BCUT2D eigenvalue weighted by Crippen LogP contribution is -3.12. The van der Waals surface area contributed by atoms with E-state index in [-0.39, 0.29) is 11.3 Å². The number of quaternary nitrogens is 1. The fourth-order valence-electron chi connectivity index (χ4n) is 3.50. The zero-order chi connectivity index (χ0) is 20.3. The molecule has 148 valence electrons. The number of carbonyl (C=O) groups excluding carboxylic acids is 2. The van der Waals surface area contributed by atoms with Crippen LogP contribution in [0.5, 0.6) is 0 Å². The molecule has 7 heteroatoms. The smallest absolute Gasteiger partial charge is 0.295 e. The number of amides is 1. The Bertz CT molecular complexity index is 870. The number of halogens is 1. The van der Waals surface area contributed by atoms with Crippen LogP contribution < -0.4 is 4.90 Å². The van der Waals surface area contributed by atoms with Gasteiger partial charge in [0.05, 0.1) is 38.0 Å². The molecule has 0 saturated carbocycles. The number of nitrogens with one attached hydrogen (secondary N) is 1. The van der Waals surface area contributed by atoms with Gasteiger partial charge in [0.1, 0.15) is 17.6 Å². The van der Waals surface area contributed by atoms with Gasteiger partial charge in [-0.05, 0) is 50.2 Å². The standard InChI is InChI=1S/C21H23ClN2O4/c1-3-23(4-2)11-12-24-18(16-6-5-13-28-16)17(20(26)21(24)27)19(25)14-7-9-15(22)10-8-14/h5-10,13,18,25H,3-4,11-12H2,1-2H3/p+1/t18-/m0/s1. The highest BCUT2D eigenvalue weighted by atomic mass is 35.5. The Morgan fingerprint density at radius 2 is 1.86 bits per heavy atom. The number of rotatable bonds is 7. The Labute approximate surface area is 169 Å². The summed E-state index contributed by atoms with van der Waals surface area (Å²) < 4.78 is 5.52. The fourth-order valence-corrected chi connectivity index (χ4v) is 3.62. The van der Waals surface area contributed by atoms with Crippen molar-refractivity contribution in [3.8, 4) is 0 Å². The zero-order valence-electron chi connectivity index (χ0n) is 15.9. The molecule has 1 aliphatic rings. The molecule has 2 aromatic rings. The third-order valence-corrected chi connectivity index (χ3v) is 5.43. The van der Waals surface area contributed by atoms with Gasteiger partial charge < -0.3 is 19.3 Å². The van der Waals surface area contributed by atoms with E-state index in [9.17, 15) is 14.7 Å². The Morgan fingerprint density at radius 3 is 2.43 bits per heavy atom. The Kier molecular flexibility index (Phi) is 6.21. The van der Waals surface area contributed by atoms with Gasteiger partial charge in [0, 0.05) is 10.6 Å². The van der Waals surface area contributed by atoms with E-state index in [0.29, 0.717) is 29.4 Å². The first-order chi connectivity index (χ1) is 13.5. The van der Waals surface area contributed by atoms with Crippen molar-refractivity contribution in [2.45, 2.75) is 19.9 Å². The molecule has 0 unspecified atom stereocenters. The maximum atomic E-state index is 12.8. The van der Waals surface area contributed by atoms with Crippen molar-refractivity contribution >= 4 is 29.1 Å². The Morgan fingerprint density at radius 1 is 1.18 bits per heavy atom. The molecule has 3 rings (SSSR count). The SMILES string of the molecule is CC[NH+](CC)CCN1C(=O)C(=O)C(=C(O)c2ccc(Cl)cc2)[C@@H]1c1ccco1. The lowest BCUT2D eigenvalue weighted by molar-refractivity contribution is -0.895. The number of Topliss-reactive ketones (excluding diaryl/α,β-unsaturated/α-hetero) is 1. The number of benzene rings is 1. The summed E-state index contributed by atoms with van der Waals surface area (Å²) in [5, 5.41) is 11.4. The van der Waals surface area contributed by atoms with Gasteiger partial charge in [-0.25, -0.2) is 0 Å². The van der Waals surface area contributed by atoms with Crippen LogP contribution in [0, 0.1) is 0 Å². The van der Waals surface area contributed by atoms with Gasteiger partial charge in [-0.3, -0.25) is 9.59 Å². The second-order valence-electron chi connectivity index (χ2n) is 6.72. The van der Waals surface area contributed by atoms with Crippen LogP contribution in [0.3, 0.4) is 0 Å². The summed E-state index contributed by atoms with van der Waals surface area (Å²) in [6.07, 6.45) is 1.49. The third-order valence-electron chi connectivity index (χ3n) is 5.18. The lowest BCUT2D eigenvalue weighted by atomic mass is 9.99. The molecule has 6 nitrogen and oxygen atoms in total. The second-order valence-corrected chi connectivity index (χ2v) is 7.16. The molecule has 28 heavy (non-hydrogen) atoms. The van der Waals surface area contributed by atoms with Crippen LogP contribution in [-0.2, 0) is 9.59 Å². The van der Waals surface area contributed by atoms with Gasteiger partial charge in [-0.15, -0.1) is 0 Å². The van der Waals surface area contributed by atoms with Crippen LogP contribution >= 0.6 is 11.6 Å². The van der Waals surface area contributed by atoms with Crippen molar-refractivity contribution in [2.24, 2.45) is 0 Å². The number of aliphatic hydroxyl groups excluding tert-OH is 1. The van der Waals surface area contributed by atoms with Crippen LogP contribution in [0.4, 0.5) is 0 Å². The molecule has 0 aliphatic carbocycles. The fraction of sp³-hybridized carbons (Fsp3) is 0.333. The van der Waals surface area contributed by atoms with E-state index in [1.807, 2.05) is 0 Å². The Balaban J connectivity index is 2.03. The first-order valence-corrected chi connectivity index (χ1v) is 9.77. The molecule has 1 amide bonds. The molecule has 1 aliphatic heterocycles. The van der Waals surface area contributed by atoms with Gasteiger partial charge >= 0.3 is 0 Å². The normalized spacial score (nSPS) is 19.0. The third kappa shape index (κ3) is 3.84. The molecule has 1 saturated heterocycles. The summed E-state index contributed by atoms with van der Waals surface area (Å²) in [6, 6.07) is 9.14. The number of carbonyl (C=O) groups is 2. The largest absolute Gasteiger partial charge is 0.507 e. The number of ketones is 1. The number of hydrogen-bond acceptors (Lipinski definition) is 4. The number of hydrogen-bond donors (Lipinski definition) is 2. The zero-order valence-corrected chi connectivity index (χ0v) is 16.7. The number of nitrogens with zero attached hydrogens (tertiary/aromatic N) is 1. The van der Waals surface area contributed by atoms with Gasteiger partial charge in [-0.1, -0.05) is 11.6 Å². The monoisotopic (exact) mass is 403 g/mol. The topological polar surface area (TPSA) is 75.2 Å². The van der Waals surface area contributed by atoms with Crippen LogP contribution in [-0.4, -0.2) is 47.9 Å². The minimum Gasteiger partial charge on any atom is -0.507 e. The molecule has 1 atom stereocenters. The van der Waals surface area contributed by atoms with E-state index < -0.39 is 17.7 Å². The van der Waals surface area contributed by atoms with Crippen molar-refractivity contribution in [3.05, 3.63) is 64.6 Å². The molecule has 0 bridgehead atoms.